The molecule has 56 valence electrons. The van der Waals surface area contributed by atoms with Gasteiger partial charge in [0.15, 0.2) is 5.15 Å². The third kappa shape index (κ3) is 1.04. The van der Waals surface area contributed by atoms with Gasteiger partial charge in [0.05, 0.1) is 5.52 Å². The van der Waals surface area contributed by atoms with Crippen molar-refractivity contribution < 1.29 is 0 Å². The fourth-order valence-corrected chi connectivity index (χ4v) is 1.14. The summed E-state index contributed by atoms with van der Waals surface area (Å²) in [5, 5.41) is 0.326. The minimum atomic E-state index is 0.326. The zero-order valence-corrected chi connectivity index (χ0v) is 6.78. The molecule has 0 saturated carbocycles. The smallest absolute Gasteiger partial charge is 0.156 e. The Bertz CT molecular complexity index is 391. The predicted octanol–water partition coefficient (Wildman–Crippen LogP) is 0.472. The molecule has 0 aliphatic heterocycles. The quantitative estimate of drug-likeness (QED) is 0.432. The number of nitrogens with zero attached hydrogens (tertiary/aromatic N) is 3. The first kappa shape index (κ1) is 7.49. The van der Waals surface area contributed by atoms with E-state index in [1.54, 1.807) is 12.4 Å². The van der Waals surface area contributed by atoms with Gasteiger partial charge < -0.3 is 0 Å². The van der Waals surface area contributed by atoms with Crippen molar-refractivity contribution in [2.45, 2.75) is 0 Å². The summed E-state index contributed by atoms with van der Waals surface area (Å²) in [5.41, 5.74) is 1.62. The van der Waals surface area contributed by atoms with E-state index >= 15 is 0 Å². The van der Waals surface area contributed by atoms with Gasteiger partial charge in [-0.3, -0.25) is 4.98 Å². The molecule has 0 aromatic carbocycles. The molecule has 0 unspecified atom stereocenters. The lowest BCUT2D eigenvalue weighted by Crippen LogP contribution is -2.07. The van der Waals surface area contributed by atoms with E-state index in [1.807, 2.05) is 0 Å². The monoisotopic (exact) mass is 175 g/mol. The second kappa shape index (κ2) is 2.71. The SMILES string of the molecule is [B]c1cnc(Cl)c2nccnc12. The molecule has 0 atom stereocenters. The summed E-state index contributed by atoms with van der Waals surface area (Å²) in [6.45, 7) is 0. The number of rotatable bonds is 0. The van der Waals surface area contributed by atoms with Crippen LogP contribution in [0.5, 0.6) is 0 Å². The third-order valence-corrected chi connectivity index (χ3v) is 1.76. The molecule has 2 radical (unpaired) electrons. The summed E-state index contributed by atoms with van der Waals surface area (Å²) in [6.07, 6.45) is 4.59. The highest BCUT2D eigenvalue weighted by atomic mass is 35.5. The molecule has 0 aliphatic rings. The molecule has 2 aromatic rings. The van der Waals surface area contributed by atoms with Gasteiger partial charge in [0.1, 0.15) is 13.4 Å². The fourth-order valence-electron chi connectivity index (χ4n) is 0.949. The number of halogens is 1. The first-order chi connectivity index (χ1) is 5.79. The lowest BCUT2D eigenvalue weighted by molar-refractivity contribution is 1.26. The second-order valence-corrected chi connectivity index (χ2v) is 2.62. The maximum Gasteiger partial charge on any atom is 0.156 e. The summed E-state index contributed by atoms with van der Waals surface area (Å²) in [5.74, 6) is 0. The number of pyridine rings is 1. The Kier molecular flexibility index (Phi) is 1.69. The highest BCUT2D eigenvalue weighted by Crippen LogP contribution is 2.13. The largest absolute Gasteiger partial charge is 0.253 e. The number of hydrogen-bond donors (Lipinski definition) is 0. The van der Waals surface area contributed by atoms with Crippen molar-refractivity contribution in [3.63, 3.8) is 0 Å². The van der Waals surface area contributed by atoms with Gasteiger partial charge in [-0.2, -0.15) is 0 Å². The van der Waals surface area contributed by atoms with Crippen molar-refractivity contribution in [2.24, 2.45) is 0 Å². The van der Waals surface area contributed by atoms with E-state index < -0.39 is 0 Å². The Morgan fingerprint density at radius 2 is 1.75 bits per heavy atom. The van der Waals surface area contributed by atoms with Crippen LogP contribution in [0.25, 0.3) is 11.0 Å². The average molecular weight is 175 g/mol. The van der Waals surface area contributed by atoms with E-state index in [0.717, 1.165) is 0 Å². The Labute approximate surface area is 75.2 Å². The van der Waals surface area contributed by atoms with Crippen molar-refractivity contribution >= 4 is 35.9 Å². The first-order valence-corrected chi connectivity index (χ1v) is 3.67. The van der Waals surface area contributed by atoms with E-state index in [1.165, 1.54) is 6.20 Å². The Morgan fingerprint density at radius 1 is 1.08 bits per heavy atom. The van der Waals surface area contributed by atoms with E-state index in [2.05, 4.69) is 15.0 Å². The zero-order valence-electron chi connectivity index (χ0n) is 6.03. The van der Waals surface area contributed by atoms with Gasteiger partial charge in [-0.05, 0) is 0 Å². The first-order valence-electron chi connectivity index (χ1n) is 3.30. The molecule has 3 nitrogen and oxygen atoms in total. The molecule has 0 amide bonds. The van der Waals surface area contributed by atoms with Crippen LogP contribution in [-0.2, 0) is 0 Å². The summed E-state index contributed by atoms with van der Waals surface area (Å²) >= 11 is 5.76. The molecular weight excluding hydrogens is 172 g/mol. The molecule has 2 heterocycles. The van der Waals surface area contributed by atoms with Crippen LogP contribution in [0.1, 0.15) is 0 Å². The van der Waals surface area contributed by atoms with Gasteiger partial charge in [-0.1, -0.05) is 17.1 Å². The van der Waals surface area contributed by atoms with Crippen LogP contribution in [0.4, 0.5) is 0 Å². The van der Waals surface area contributed by atoms with Gasteiger partial charge in [0, 0.05) is 18.6 Å². The van der Waals surface area contributed by atoms with Gasteiger partial charge in [0.2, 0.25) is 0 Å². The lowest BCUT2D eigenvalue weighted by atomic mass is 9.97. The van der Waals surface area contributed by atoms with Crippen LogP contribution < -0.4 is 5.46 Å². The maximum absolute atomic E-state index is 5.76. The molecule has 0 spiro atoms. The van der Waals surface area contributed by atoms with Crippen molar-refractivity contribution in [1.29, 1.82) is 0 Å². The number of fused-ring (bicyclic) bond motifs is 1. The summed E-state index contributed by atoms with van der Waals surface area (Å²) in [4.78, 5) is 11.9. The molecule has 5 heteroatoms. The van der Waals surface area contributed by atoms with Gasteiger partial charge in [-0.25, -0.2) is 9.97 Å². The van der Waals surface area contributed by atoms with Crippen molar-refractivity contribution in [2.75, 3.05) is 0 Å². The summed E-state index contributed by atoms with van der Waals surface area (Å²) in [7, 11) is 5.60. The molecule has 0 aliphatic carbocycles. The highest BCUT2D eigenvalue weighted by molar-refractivity contribution is 6.40. The lowest BCUT2D eigenvalue weighted by Gasteiger charge is -1.99. The van der Waals surface area contributed by atoms with Crippen LogP contribution in [0, 0.1) is 0 Å². The molecule has 0 fully saturated rings. The van der Waals surface area contributed by atoms with Gasteiger partial charge in [-0.15, -0.1) is 0 Å². The summed E-state index contributed by atoms with van der Waals surface area (Å²) < 4.78 is 0. The predicted molar refractivity (Wildman–Crippen MR) is 47.7 cm³/mol. The molecular formula is C7H3BClN3. The number of aromatic nitrogens is 3. The summed E-state index contributed by atoms with van der Waals surface area (Å²) in [6, 6.07) is 0. The van der Waals surface area contributed by atoms with Crippen LogP contribution >= 0.6 is 11.6 Å². The van der Waals surface area contributed by atoms with Gasteiger partial charge in [0.25, 0.3) is 0 Å². The Hall–Kier alpha value is -1.16. The van der Waals surface area contributed by atoms with E-state index in [9.17, 15) is 0 Å². The maximum atomic E-state index is 5.76. The average Bonchev–Trinajstić information content (AvgIpc) is 2.12. The van der Waals surface area contributed by atoms with Crippen molar-refractivity contribution in [3.8, 4) is 0 Å². The third-order valence-electron chi connectivity index (χ3n) is 1.48. The molecule has 2 rings (SSSR count). The normalized spacial score (nSPS) is 10.4. The standard InChI is InChI=1S/C7H3BClN3/c8-4-3-12-7(9)6-5(4)10-1-2-11-6/h1-3H. The molecule has 12 heavy (non-hydrogen) atoms. The van der Waals surface area contributed by atoms with Crippen molar-refractivity contribution in [3.05, 3.63) is 23.7 Å². The molecule has 0 N–H and O–H groups in total. The Balaban J connectivity index is 2.95. The molecule has 0 bridgehead atoms. The Morgan fingerprint density at radius 3 is 2.42 bits per heavy atom. The van der Waals surface area contributed by atoms with Crippen LogP contribution in [0.2, 0.25) is 5.15 Å². The van der Waals surface area contributed by atoms with E-state index in [4.69, 9.17) is 19.4 Å². The van der Waals surface area contributed by atoms with Crippen molar-refractivity contribution in [1.82, 2.24) is 15.0 Å². The van der Waals surface area contributed by atoms with Gasteiger partial charge >= 0.3 is 0 Å². The molecule has 0 saturated heterocycles. The minimum Gasteiger partial charge on any atom is -0.253 e. The molecule has 2 aromatic heterocycles. The number of hydrogen-bond acceptors (Lipinski definition) is 3. The second-order valence-electron chi connectivity index (χ2n) is 2.26. The van der Waals surface area contributed by atoms with Crippen LogP contribution in [-0.4, -0.2) is 22.8 Å². The van der Waals surface area contributed by atoms with E-state index in [-0.39, 0.29) is 0 Å². The van der Waals surface area contributed by atoms with E-state index in [0.29, 0.717) is 21.6 Å². The minimum absolute atomic E-state index is 0.326. The zero-order chi connectivity index (χ0) is 8.55. The fraction of sp³-hybridized carbons (Fsp3) is 0. The topological polar surface area (TPSA) is 38.7 Å². The van der Waals surface area contributed by atoms with Crippen LogP contribution in [0.15, 0.2) is 18.6 Å². The highest BCUT2D eigenvalue weighted by Gasteiger charge is 2.03. The van der Waals surface area contributed by atoms with Crippen LogP contribution in [0.3, 0.4) is 0 Å².